The van der Waals surface area contributed by atoms with Crippen molar-refractivity contribution < 1.29 is 72.8 Å². The number of nitrogens with zero attached hydrogens (tertiary/aromatic N) is 8. The Kier molecular flexibility index (Phi) is 37.4. The van der Waals surface area contributed by atoms with E-state index in [-0.39, 0.29) is 75.4 Å². The van der Waals surface area contributed by atoms with Gasteiger partial charge in [-0.3, -0.25) is 9.80 Å². The Morgan fingerprint density at radius 1 is 0.225 bits per heavy atom. The van der Waals surface area contributed by atoms with Gasteiger partial charge in [-0.1, -0.05) is 212 Å². The van der Waals surface area contributed by atoms with E-state index in [9.17, 15) is 20.4 Å². The standard InChI is InChI=1S/C43H40N4O2.C43H39N4O2.6C7H7.2Zr/c1-29-25-31(43(49)41(26-29)47-38-20-10-6-16-34(38)35-17-7-11-21-39(35)47)28-45(24-23-44(2)3)27-30-13-12-22-40(42(30)48)46-36-18-8-4-14-32(36)33-15-5-9-19-37(33)46;1-28-22-30(42(48)40(24-28)46-36-16-8-4-12-32(36)33-13-5-9-17-37(33)46)26-45(21-20-44-3)27-31-23-29(2)25-41(43(31)49)47-38-18-10-6-14-34(38)35-15-7-11-19-39(35)47;6*1-7-5-3-2-4-6-7;;/h4-22,25-26,48-49H,23-24,27-28H2,1-3H3;4-19,22-25,48-49H,20-21,26-27H2,1-3H3;6*2-6H,1H2;;/q;7*-1;2*+4. The second kappa shape index (κ2) is 50.9. The number of hydrogen-bond donors (Lipinski definition) is 4. The van der Waals surface area contributed by atoms with Gasteiger partial charge in [-0.15, -0.1) is 79.3 Å². The summed E-state index contributed by atoms with van der Waals surface area (Å²) >= 11 is 0. The number of hydrogen-bond acceptors (Lipinski definition) is 7. The first kappa shape index (κ1) is 105. The van der Waals surface area contributed by atoms with Gasteiger partial charge in [0.2, 0.25) is 0 Å². The molecule has 4 heterocycles. The van der Waals surface area contributed by atoms with Crippen LogP contribution in [0.4, 0.5) is 0 Å². The zero-order chi connectivity index (χ0) is 98.0. The van der Waals surface area contributed by atoms with E-state index >= 15 is 0 Å². The van der Waals surface area contributed by atoms with E-state index in [1.54, 1.807) is 0 Å². The summed E-state index contributed by atoms with van der Waals surface area (Å²) in [6, 6.07) is 145. The number of para-hydroxylation sites is 9. The molecule has 4 N–H and O–H groups in total. The van der Waals surface area contributed by atoms with Crippen LogP contribution < -0.4 is 0 Å². The van der Waals surface area contributed by atoms with Gasteiger partial charge in [-0.25, -0.2) is 0 Å². The predicted molar refractivity (Wildman–Crippen MR) is 590 cm³/mol. The number of aryl methyl sites for hydroxylation is 3. The van der Waals surface area contributed by atoms with Crippen LogP contribution in [0.5, 0.6) is 23.0 Å². The first-order valence-electron chi connectivity index (χ1n) is 47.3. The Morgan fingerprint density at radius 3 is 0.634 bits per heavy atom. The van der Waals surface area contributed by atoms with Crippen LogP contribution in [0.1, 0.15) is 72.3 Å². The molecule has 0 aliphatic rings. The van der Waals surface area contributed by atoms with E-state index in [1.165, 1.54) is 0 Å². The smallest absolute Gasteiger partial charge is 0.664 e. The molecule has 142 heavy (non-hydrogen) atoms. The summed E-state index contributed by atoms with van der Waals surface area (Å²) in [6.45, 7) is 33.5. The molecule has 0 aliphatic carbocycles. The third kappa shape index (κ3) is 26.1. The van der Waals surface area contributed by atoms with Crippen molar-refractivity contribution in [3.63, 3.8) is 0 Å². The summed E-state index contributed by atoms with van der Waals surface area (Å²) in [5.74, 6) is 1.06. The van der Waals surface area contributed by atoms with Crippen LogP contribution >= 0.6 is 0 Å². The summed E-state index contributed by atoms with van der Waals surface area (Å²) in [7, 11) is 5.97. The number of rotatable bonds is 18. The molecule has 14 heteroatoms. The van der Waals surface area contributed by atoms with Crippen molar-refractivity contribution >= 4 is 87.2 Å². The maximum absolute atomic E-state index is 12.0. The van der Waals surface area contributed by atoms with Gasteiger partial charge in [0.1, 0.15) is 23.0 Å². The van der Waals surface area contributed by atoms with Crippen molar-refractivity contribution in [1.29, 1.82) is 0 Å². The Bertz CT molecular complexity index is 7140. The molecule has 0 aliphatic heterocycles. The van der Waals surface area contributed by atoms with Crippen LogP contribution in [0.2, 0.25) is 0 Å². The molecule has 0 radical (unpaired) electrons. The fourth-order valence-corrected chi connectivity index (χ4v) is 17.8. The van der Waals surface area contributed by atoms with E-state index in [2.05, 4.69) is 297 Å². The summed E-state index contributed by atoms with van der Waals surface area (Å²) in [6.07, 6.45) is 0. The molecule has 0 saturated heterocycles. The summed E-state index contributed by atoms with van der Waals surface area (Å²) in [5, 5.41) is 61.6. The maximum atomic E-state index is 12.0. The topological polar surface area (TPSA) is 124 Å². The van der Waals surface area contributed by atoms with Gasteiger partial charge in [-0.2, -0.15) is 155 Å². The number of likely N-dealkylation sites (N-methyl/N-ethyl adjacent to an activating group) is 2. The zero-order valence-corrected chi connectivity index (χ0v) is 86.7. The van der Waals surface area contributed by atoms with Crippen molar-refractivity contribution in [2.45, 2.75) is 47.0 Å². The van der Waals surface area contributed by atoms with E-state index < -0.39 is 0 Å². The average molecular weight is 2020 g/mol. The average Bonchev–Trinajstić information content (AvgIpc) is 1.61. The molecule has 4 aromatic heterocycles. The third-order valence-corrected chi connectivity index (χ3v) is 24.5. The van der Waals surface area contributed by atoms with E-state index in [0.29, 0.717) is 39.3 Å². The van der Waals surface area contributed by atoms with Crippen molar-refractivity contribution in [3.05, 3.63) is 550 Å². The Hall–Kier alpha value is -14.8. The fourth-order valence-electron chi connectivity index (χ4n) is 17.8. The first-order valence-corrected chi connectivity index (χ1v) is 47.3. The molecule has 12 nitrogen and oxygen atoms in total. The molecule has 0 amide bonds. The molecule has 704 valence electrons. The van der Waals surface area contributed by atoms with Gasteiger partial charge >= 0.3 is 52.4 Å². The van der Waals surface area contributed by atoms with E-state index in [1.807, 2.05) is 256 Å². The molecular formula is C128H121N8O4Zr2+. The Balaban J connectivity index is 0.000000167. The number of aromatic hydroxyl groups is 4. The van der Waals surface area contributed by atoms with Crippen molar-refractivity contribution in [2.75, 3.05) is 47.3 Å². The molecule has 22 rings (SSSR count). The molecule has 0 atom stereocenters. The number of benzene rings is 18. The first-order chi connectivity index (χ1) is 68.2. The zero-order valence-electron chi connectivity index (χ0n) is 81.8. The molecule has 0 bridgehead atoms. The van der Waals surface area contributed by atoms with E-state index in [0.717, 1.165) is 195 Å². The number of phenols is 4. The molecule has 0 unspecified atom stereocenters. The van der Waals surface area contributed by atoms with Crippen LogP contribution in [-0.2, 0) is 78.6 Å². The molecule has 22 aromatic rings. The normalized spacial score (nSPS) is 10.8. The maximum Gasteiger partial charge on any atom is 4.00 e. The molecular weight excluding hydrogens is 1900 g/mol. The van der Waals surface area contributed by atoms with Crippen LogP contribution in [0.15, 0.2) is 431 Å². The number of fused-ring (bicyclic) bond motifs is 12. The SMILES string of the molecule is C[N-]CCN(Cc1cc(C)cc(-n2c3ccccc3c3ccccc32)c1O)Cc1cc(C)cc(-n2c3ccccc3c3ccccc32)c1O.Cc1cc(CN(CCN(C)C)Cc2cccc(-n3c4ccccc4c4ccccc43)c2O)c(O)c(-n2c3ccccc3c3ccccc32)c1.[CH2-]c1ccccc1.[CH2-]c1ccccc1.[CH2-]c1ccccc1.[CH2-]c1ccccc1.[CH2-]c1ccccc1.[CH2-]c1ccccc1.[Zr+4].[Zr+4]. The van der Waals surface area contributed by atoms with Crippen LogP contribution in [0.3, 0.4) is 0 Å². The van der Waals surface area contributed by atoms with Gasteiger partial charge < -0.3 is 48.9 Å². The summed E-state index contributed by atoms with van der Waals surface area (Å²) in [4.78, 5) is 6.75. The second-order valence-corrected chi connectivity index (χ2v) is 35.3. The van der Waals surface area contributed by atoms with Gasteiger partial charge in [0.25, 0.3) is 0 Å². The minimum absolute atomic E-state index is 0. The number of aromatic nitrogens is 4. The van der Waals surface area contributed by atoms with Gasteiger partial charge in [0.05, 0.1) is 66.9 Å². The van der Waals surface area contributed by atoms with Gasteiger partial charge in [0.15, 0.2) is 0 Å². The molecule has 18 aromatic carbocycles. The quantitative estimate of drug-likeness (QED) is 0.0631. The number of phenolic OH excluding ortho intramolecular Hbond substituents is 4. The largest absolute Gasteiger partial charge is 4.00 e. The fraction of sp³-hybridized carbons (Fsp3) is 0.109. The minimum atomic E-state index is 0. The van der Waals surface area contributed by atoms with E-state index in [4.69, 9.17) is 0 Å². The summed E-state index contributed by atoms with van der Waals surface area (Å²) < 4.78 is 8.69. The molecule has 0 spiro atoms. The van der Waals surface area contributed by atoms with Crippen molar-refractivity contribution in [1.82, 2.24) is 33.0 Å². The predicted octanol–water partition coefficient (Wildman–Crippen LogP) is 30.3. The van der Waals surface area contributed by atoms with Crippen molar-refractivity contribution in [3.8, 4) is 45.7 Å². The van der Waals surface area contributed by atoms with Crippen LogP contribution in [0.25, 0.3) is 115 Å². The molecule has 0 fully saturated rings. The second-order valence-electron chi connectivity index (χ2n) is 35.3. The van der Waals surface area contributed by atoms with Gasteiger partial charge in [-0.05, 0) is 131 Å². The Morgan fingerprint density at radius 2 is 0.423 bits per heavy atom. The third-order valence-electron chi connectivity index (χ3n) is 24.5. The minimum Gasteiger partial charge on any atom is -0.664 e. The Labute approximate surface area is 875 Å². The molecule has 0 saturated carbocycles. The van der Waals surface area contributed by atoms with Gasteiger partial charge in [0, 0.05) is 105 Å². The van der Waals surface area contributed by atoms with Crippen LogP contribution in [0, 0.1) is 62.3 Å². The monoisotopic (exact) mass is 2010 g/mol. The summed E-state index contributed by atoms with van der Waals surface area (Å²) in [5.41, 5.74) is 24.5. The van der Waals surface area contributed by atoms with Crippen LogP contribution in [-0.4, -0.2) is 101 Å². The van der Waals surface area contributed by atoms with Crippen molar-refractivity contribution in [2.24, 2.45) is 0 Å².